The van der Waals surface area contributed by atoms with Crippen LogP contribution in [-0.2, 0) is 4.74 Å². The van der Waals surface area contributed by atoms with E-state index < -0.39 is 11.7 Å². The Bertz CT molecular complexity index is 443. The van der Waals surface area contributed by atoms with E-state index in [1.54, 1.807) is 45.3 Å². The summed E-state index contributed by atoms with van der Waals surface area (Å²) in [6.07, 6.45) is 2.65. The number of ether oxygens (including phenoxy) is 1. The lowest BCUT2D eigenvalue weighted by atomic mass is 10.2. The van der Waals surface area contributed by atoms with E-state index in [9.17, 15) is 9.59 Å². The van der Waals surface area contributed by atoms with Crippen molar-refractivity contribution in [3.05, 3.63) is 24.5 Å². The molecule has 0 aliphatic rings. The summed E-state index contributed by atoms with van der Waals surface area (Å²) in [5.74, 6) is 0. The third kappa shape index (κ3) is 7.20. The van der Waals surface area contributed by atoms with Crippen molar-refractivity contribution < 1.29 is 14.3 Å². The van der Waals surface area contributed by atoms with Crippen LogP contribution in [0, 0.1) is 0 Å². The molecule has 1 aromatic rings. The van der Waals surface area contributed by atoms with E-state index in [4.69, 9.17) is 4.74 Å². The maximum Gasteiger partial charge on any atom is 0.407 e. The Kier molecular flexibility index (Phi) is 5.76. The lowest BCUT2D eigenvalue weighted by Crippen LogP contribution is -2.39. The smallest absolute Gasteiger partial charge is 0.407 e. The number of carbonyl (C=O) groups is 2. The number of anilines is 1. The average Bonchev–Trinajstić information content (AvgIpc) is 2.34. The first-order valence-electron chi connectivity index (χ1n) is 6.28. The molecular formula is C13H20N4O3. The lowest BCUT2D eigenvalue weighted by Gasteiger charge is -2.19. The van der Waals surface area contributed by atoms with Crippen molar-refractivity contribution in [1.29, 1.82) is 0 Å². The van der Waals surface area contributed by atoms with Gasteiger partial charge < -0.3 is 20.7 Å². The van der Waals surface area contributed by atoms with Crippen molar-refractivity contribution in [2.75, 3.05) is 18.4 Å². The number of rotatable bonds is 4. The molecule has 7 nitrogen and oxygen atoms in total. The molecule has 0 unspecified atom stereocenters. The van der Waals surface area contributed by atoms with Crippen molar-refractivity contribution in [3.8, 4) is 0 Å². The molecule has 0 atom stereocenters. The number of nitrogens with one attached hydrogen (secondary N) is 3. The zero-order valence-corrected chi connectivity index (χ0v) is 11.9. The maximum atomic E-state index is 11.5. The van der Waals surface area contributed by atoms with E-state index in [0.717, 1.165) is 0 Å². The Labute approximate surface area is 118 Å². The van der Waals surface area contributed by atoms with Gasteiger partial charge in [0.2, 0.25) is 0 Å². The number of hydrogen-bond donors (Lipinski definition) is 3. The highest BCUT2D eigenvalue weighted by Gasteiger charge is 2.15. The molecule has 0 fully saturated rings. The number of urea groups is 1. The van der Waals surface area contributed by atoms with Crippen molar-refractivity contribution in [3.63, 3.8) is 0 Å². The number of amides is 3. The molecule has 0 aliphatic heterocycles. The Morgan fingerprint density at radius 1 is 1.25 bits per heavy atom. The highest BCUT2D eigenvalue weighted by molar-refractivity contribution is 5.88. The number of alkyl carbamates (subject to hydrolysis) is 1. The predicted molar refractivity (Wildman–Crippen MR) is 75.5 cm³/mol. The summed E-state index contributed by atoms with van der Waals surface area (Å²) >= 11 is 0. The standard InChI is InChI=1S/C13H20N4O3/c1-13(2,3)20-12(19)16-8-7-15-11(18)17-10-5-4-6-14-9-10/h4-6,9H,7-8H2,1-3H3,(H,16,19)(H2,15,17,18). The van der Waals surface area contributed by atoms with Crippen LogP contribution in [0.2, 0.25) is 0 Å². The molecule has 7 heteroatoms. The van der Waals surface area contributed by atoms with E-state index >= 15 is 0 Å². The monoisotopic (exact) mass is 280 g/mol. The second-order valence-electron chi connectivity index (χ2n) is 5.05. The summed E-state index contributed by atoms with van der Waals surface area (Å²) in [4.78, 5) is 26.7. The van der Waals surface area contributed by atoms with Crippen molar-refractivity contribution in [2.24, 2.45) is 0 Å². The molecule has 0 saturated carbocycles. The van der Waals surface area contributed by atoms with Gasteiger partial charge >= 0.3 is 12.1 Å². The normalized spacial score (nSPS) is 10.6. The van der Waals surface area contributed by atoms with Gasteiger partial charge in [0.15, 0.2) is 0 Å². The van der Waals surface area contributed by atoms with Crippen molar-refractivity contribution in [1.82, 2.24) is 15.6 Å². The van der Waals surface area contributed by atoms with E-state index in [2.05, 4.69) is 20.9 Å². The molecule has 3 amide bonds. The van der Waals surface area contributed by atoms with Gasteiger partial charge in [0.05, 0.1) is 11.9 Å². The fourth-order valence-corrected chi connectivity index (χ4v) is 1.27. The minimum atomic E-state index is -0.533. The van der Waals surface area contributed by atoms with Crippen LogP contribution in [0.5, 0.6) is 0 Å². The summed E-state index contributed by atoms with van der Waals surface area (Å²) < 4.78 is 5.05. The van der Waals surface area contributed by atoms with Crippen LogP contribution in [0.1, 0.15) is 20.8 Å². The first-order chi connectivity index (χ1) is 9.37. The summed E-state index contributed by atoms with van der Waals surface area (Å²) in [5.41, 5.74) is 0.0694. The van der Waals surface area contributed by atoms with Gasteiger partial charge in [0.1, 0.15) is 5.60 Å². The molecule has 0 spiro atoms. The Morgan fingerprint density at radius 2 is 1.95 bits per heavy atom. The second-order valence-corrected chi connectivity index (χ2v) is 5.05. The molecule has 20 heavy (non-hydrogen) atoms. The van der Waals surface area contributed by atoms with Crippen LogP contribution in [0.15, 0.2) is 24.5 Å². The third-order valence-electron chi connectivity index (χ3n) is 2.00. The molecule has 1 aromatic heterocycles. The molecule has 1 heterocycles. The maximum absolute atomic E-state index is 11.5. The minimum absolute atomic E-state index is 0.287. The summed E-state index contributed by atoms with van der Waals surface area (Å²) in [6, 6.07) is 3.09. The quantitative estimate of drug-likeness (QED) is 0.732. The number of hydrogen-bond acceptors (Lipinski definition) is 4. The van der Waals surface area contributed by atoms with Crippen LogP contribution < -0.4 is 16.0 Å². The predicted octanol–water partition coefficient (Wildman–Crippen LogP) is 1.73. The van der Waals surface area contributed by atoms with Gasteiger partial charge in [-0.1, -0.05) is 0 Å². The van der Waals surface area contributed by atoms with E-state index in [0.29, 0.717) is 12.2 Å². The highest BCUT2D eigenvalue weighted by atomic mass is 16.6. The number of pyridine rings is 1. The van der Waals surface area contributed by atoms with E-state index in [1.165, 1.54) is 0 Å². The average molecular weight is 280 g/mol. The van der Waals surface area contributed by atoms with Gasteiger partial charge in [-0.15, -0.1) is 0 Å². The topological polar surface area (TPSA) is 92.4 Å². The SMILES string of the molecule is CC(C)(C)OC(=O)NCCNC(=O)Nc1cccnc1. The third-order valence-corrected chi connectivity index (χ3v) is 2.00. The molecule has 110 valence electrons. The number of carbonyl (C=O) groups excluding carboxylic acids is 2. The molecular weight excluding hydrogens is 260 g/mol. The molecule has 0 aromatic carbocycles. The van der Waals surface area contributed by atoms with Gasteiger partial charge in [-0.3, -0.25) is 4.98 Å². The van der Waals surface area contributed by atoms with E-state index in [-0.39, 0.29) is 12.6 Å². The zero-order valence-electron chi connectivity index (χ0n) is 11.9. The van der Waals surface area contributed by atoms with Crippen molar-refractivity contribution >= 4 is 17.8 Å². The Hall–Kier alpha value is -2.31. The summed E-state index contributed by atoms with van der Waals surface area (Å²) in [7, 11) is 0. The highest BCUT2D eigenvalue weighted by Crippen LogP contribution is 2.06. The number of nitrogens with zero attached hydrogens (tertiary/aromatic N) is 1. The molecule has 3 N–H and O–H groups in total. The molecule has 0 radical (unpaired) electrons. The first kappa shape index (κ1) is 15.7. The van der Waals surface area contributed by atoms with Crippen LogP contribution >= 0.6 is 0 Å². The van der Waals surface area contributed by atoms with Gasteiger partial charge in [0, 0.05) is 19.3 Å². The zero-order chi connectivity index (χ0) is 15.0. The summed E-state index contributed by atoms with van der Waals surface area (Å²) in [5, 5.41) is 7.76. The van der Waals surface area contributed by atoms with Crippen LogP contribution in [-0.4, -0.2) is 35.8 Å². The summed E-state index contributed by atoms with van der Waals surface area (Å²) in [6.45, 7) is 5.94. The molecule has 1 rings (SSSR count). The van der Waals surface area contributed by atoms with Gasteiger partial charge in [-0.05, 0) is 32.9 Å². The van der Waals surface area contributed by atoms with Gasteiger partial charge in [0.25, 0.3) is 0 Å². The minimum Gasteiger partial charge on any atom is -0.444 e. The second kappa shape index (κ2) is 7.32. The Balaban J connectivity index is 2.15. The van der Waals surface area contributed by atoms with Crippen LogP contribution in [0.4, 0.5) is 15.3 Å². The fourth-order valence-electron chi connectivity index (χ4n) is 1.27. The number of aromatic nitrogens is 1. The van der Waals surface area contributed by atoms with Crippen molar-refractivity contribution in [2.45, 2.75) is 26.4 Å². The fraction of sp³-hybridized carbons (Fsp3) is 0.462. The first-order valence-corrected chi connectivity index (χ1v) is 6.28. The molecule has 0 bridgehead atoms. The molecule has 0 saturated heterocycles. The van der Waals surface area contributed by atoms with Crippen LogP contribution in [0.25, 0.3) is 0 Å². The largest absolute Gasteiger partial charge is 0.444 e. The van der Waals surface area contributed by atoms with Gasteiger partial charge in [-0.2, -0.15) is 0 Å². The Morgan fingerprint density at radius 3 is 2.55 bits per heavy atom. The van der Waals surface area contributed by atoms with Gasteiger partial charge in [-0.25, -0.2) is 9.59 Å². The molecule has 0 aliphatic carbocycles. The van der Waals surface area contributed by atoms with E-state index in [1.807, 2.05) is 0 Å². The van der Waals surface area contributed by atoms with Crippen LogP contribution in [0.3, 0.4) is 0 Å². The lowest BCUT2D eigenvalue weighted by molar-refractivity contribution is 0.0528.